The Morgan fingerprint density at radius 3 is 2.63 bits per heavy atom. The summed E-state index contributed by atoms with van der Waals surface area (Å²) in [7, 11) is 0. The van der Waals surface area contributed by atoms with Crippen LogP contribution in [0.5, 0.6) is 0 Å². The molecule has 0 fully saturated rings. The van der Waals surface area contributed by atoms with Gasteiger partial charge in [-0.15, -0.1) is 0 Å². The van der Waals surface area contributed by atoms with E-state index < -0.39 is 5.97 Å². The Balaban J connectivity index is 2.80. The molecule has 1 heterocycles. The lowest BCUT2D eigenvalue weighted by Gasteiger charge is -2.26. The van der Waals surface area contributed by atoms with Crippen molar-refractivity contribution in [2.24, 2.45) is 0 Å². The summed E-state index contributed by atoms with van der Waals surface area (Å²) in [6.45, 7) is 6.51. The lowest BCUT2D eigenvalue weighted by molar-refractivity contribution is 0.0696. The second-order valence-electron chi connectivity index (χ2n) is 4.48. The van der Waals surface area contributed by atoms with Gasteiger partial charge in [0.05, 0.1) is 17.4 Å². The Morgan fingerprint density at radius 2 is 2.11 bits per heavy atom. The molecule has 0 saturated carbocycles. The van der Waals surface area contributed by atoms with Crippen molar-refractivity contribution in [2.45, 2.75) is 33.2 Å². The van der Waals surface area contributed by atoms with Crippen molar-refractivity contribution in [3.63, 3.8) is 0 Å². The van der Waals surface area contributed by atoms with Gasteiger partial charge >= 0.3 is 12.0 Å². The quantitative estimate of drug-likeness (QED) is 0.856. The van der Waals surface area contributed by atoms with Gasteiger partial charge in [0.1, 0.15) is 0 Å². The van der Waals surface area contributed by atoms with Gasteiger partial charge in [0.25, 0.3) is 0 Å². The van der Waals surface area contributed by atoms with E-state index in [-0.39, 0.29) is 17.6 Å². The van der Waals surface area contributed by atoms with Crippen LogP contribution in [0.25, 0.3) is 0 Å². The monoisotopic (exact) mass is 265 g/mol. The number of nitrogens with one attached hydrogen (secondary N) is 1. The highest BCUT2D eigenvalue weighted by molar-refractivity contribution is 5.92. The molecule has 2 N–H and O–H groups in total. The van der Waals surface area contributed by atoms with E-state index in [2.05, 4.69) is 10.3 Å². The Labute approximate surface area is 112 Å². The molecule has 0 spiro atoms. The predicted molar refractivity (Wildman–Crippen MR) is 72.3 cm³/mol. The molecule has 0 aliphatic heterocycles. The summed E-state index contributed by atoms with van der Waals surface area (Å²) < 4.78 is 0. The summed E-state index contributed by atoms with van der Waals surface area (Å²) in [6, 6.07) is 1.22. The Morgan fingerprint density at radius 1 is 1.42 bits per heavy atom. The molecule has 0 radical (unpaired) electrons. The largest absolute Gasteiger partial charge is 0.478 e. The summed E-state index contributed by atoms with van der Waals surface area (Å²) in [5.74, 6) is -1.07. The Hall–Kier alpha value is -2.11. The minimum Gasteiger partial charge on any atom is -0.478 e. The fraction of sp³-hybridized carbons (Fsp3) is 0.462. The first-order chi connectivity index (χ1) is 8.95. The molecule has 0 aliphatic rings. The molecule has 6 heteroatoms. The molecule has 0 aromatic carbocycles. The lowest BCUT2D eigenvalue weighted by atomic mass is 10.2. The van der Waals surface area contributed by atoms with Gasteiger partial charge in [-0.05, 0) is 26.3 Å². The molecule has 104 valence electrons. The van der Waals surface area contributed by atoms with Crippen molar-refractivity contribution >= 4 is 17.7 Å². The number of nitrogens with zero attached hydrogens (tertiary/aromatic N) is 2. The molecular formula is C13H19N3O3. The number of pyridine rings is 1. The van der Waals surface area contributed by atoms with Crippen molar-refractivity contribution < 1.29 is 14.7 Å². The lowest BCUT2D eigenvalue weighted by Crippen LogP contribution is -2.40. The molecule has 1 aromatic heterocycles. The second-order valence-corrected chi connectivity index (χ2v) is 4.48. The first-order valence-electron chi connectivity index (χ1n) is 6.21. The Bertz CT molecular complexity index is 460. The van der Waals surface area contributed by atoms with E-state index in [0.717, 1.165) is 6.42 Å². The molecule has 6 nitrogen and oxygen atoms in total. The molecule has 0 bridgehead atoms. The normalized spacial score (nSPS) is 10.3. The number of anilines is 1. The van der Waals surface area contributed by atoms with Crippen LogP contribution in [0.2, 0.25) is 0 Å². The molecule has 0 aliphatic carbocycles. The third-order valence-electron chi connectivity index (χ3n) is 2.59. The van der Waals surface area contributed by atoms with Crippen LogP contribution < -0.4 is 5.32 Å². The van der Waals surface area contributed by atoms with Crippen LogP contribution in [-0.4, -0.2) is 39.6 Å². The maximum Gasteiger partial charge on any atom is 0.337 e. The number of urea groups is 1. The van der Waals surface area contributed by atoms with Gasteiger partial charge in [0.15, 0.2) is 0 Å². The summed E-state index contributed by atoms with van der Waals surface area (Å²) in [5, 5.41) is 11.5. The summed E-state index contributed by atoms with van der Waals surface area (Å²) in [6.07, 6.45) is 3.53. The van der Waals surface area contributed by atoms with Crippen LogP contribution in [0, 0.1) is 0 Å². The van der Waals surface area contributed by atoms with Gasteiger partial charge in [-0.3, -0.25) is 4.98 Å². The van der Waals surface area contributed by atoms with Crippen LogP contribution in [0.1, 0.15) is 37.6 Å². The predicted octanol–water partition coefficient (Wildman–Crippen LogP) is 2.43. The van der Waals surface area contributed by atoms with Crippen LogP contribution in [0.4, 0.5) is 10.5 Å². The smallest absolute Gasteiger partial charge is 0.337 e. The third kappa shape index (κ3) is 4.24. The highest BCUT2D eigenvalue weighted by atomic mass is 16.4. The molecule has 0 atom stereocenters. The Kier molecular flexibility index (Phi) is 5.29. The fourth-order valence-electron chi connectivity index (χ4n) is 1.66. The highest BCUT2D eigenvalue weighted by Gasteiger charge is 2.16. The van der Waals surface area contributed by atoms with Crippen molar-refractivity contribution in [3.05, 3.63) is 24.0 Å². The zero-order valence-electron chi connectivity index (χ0n) is 11.4. The minimum absolute atomic E-state index is 0.0457. The van der Waals surface area contributed by atoms with Gasteiger partial charge in [-0.25, -0.2) is 9.59 Å². The first-order valence-corrected chi connectivity index (χ1v) is 6.21. The molecular weight excluding hydrogens is 246 g/mol. The fourth-order valence-corrected chi connectivity index (χ4v) is 1.66. The second kappa shape index (κ2) is 6.72. The van der Waals surface area contributed by atoms with E-state index >= 15 is 0 Å². The number of carbonyl (C=O) groups is 2. The maximum atomic E-state index is 12.1. The van der Waals surface area contributed by atoms with E-state index in [9.17, 15) is 9.59 Å². The molecule has 19 heavy (non-hydrogen) atoms. The van der Waals surface area contributed by atoms with Crippen LogP contribution in [-0.2, 0) is 0 Å². The molecule has 0 saturated heterocycles. The minimum atomic E-state index is -1.07. The van der Waals surface area contributed by atoms with Crippen molar-refractivity contribution in [1.29, 1.82) is 0 Å². The number of carboxylic acid groups (broad SMARTS) is 1. The SMILES string of the molecule is CCCN(C(=O)Nc1cncc(C(=O)O)c1)C(C)C. The average Bonchev–Trinajstić information content (AvgIpc) is 2.35. The topological polar surface area (TPSA) is 82.5 Å². The van der Waals surface area contributed by atoms with Gasteiger partial charge in [-0.2, -0.15) is 0 Å². The third-order valence-corrected chi connectivity index (χ3v) is 2.59. The van der Waals surface area contributed by atoms with Crippen molar-refractivity contribution in [2.75, 3.05) is 11.9 Å². The number of hydrogen-bond acceptors (Lipinski definition) is 3. The van der Waals surface area contributed by atoms with Gasteiger partial charge < -0.3 is 15.3 Å². The first kappa shape index (κ1) is 14.9. The van der Waals surface area contributed by atoms with Gasteiger partial charge in [0, 0.05) is 18.8 Å². The summed E-state index contributed by atoms with van der Waals surface area (Å²) >= 11 is 0. The van der Waals surface area contributed by atoms with Gasteiger partial charge in [-0.1, -0.05) is 6.92 Å². The van der Waals surface area contributed by atoms with Gasteiger partial charge in [0.2, 0.25) is 0 Å². The maximum absolute atomic E-state index is 12.1. The number of carboxylic acids is 1. The average molecular weight is 265 g/mol. The van der Waals surface area contributed by atoms with E-state index in [1.165, 1.54) is 18.5 Å². The van der Waals surface area contributed by atoms with Crippen LogP contribution in [0.3, 0.4) is 0 Å². The highest BCUT2D eigenvalue weighted by Crippen LogP contribution is 2.11. The number of rotatable bonds is 5. The molecule has 1 aromatic rings. The van der Waals surface area contributed by atoms with E-state index in [4.69, 9.17) is 5.11 Å². The van der Waals surface area contributed by atoms with E-state index in [1.807, 2.05) is 20.8 Å². The van der Waals surface area contributed by atoms with E-state index in [1.54, 1.807) is 4.90 Å². The van der Waals surface area contributed by atoms with Crippen molar-refractivity contribution in [3.8, 4) is 0 Å². The van der Waals surface area contributed by atoms with Crippen LogP contribution in [0.15, 0.2) is 18.5 Å². The molecule has 2 amide bonds. The van der Waals surface area contributed by atoms with E-state index in [0.29, 0.717) is 12.2 Å². The number of amides is 2. The summed E-state index contributed by atoms with van der Waals surface area (Å²) in [4.78, 5) is 28.4. The molecule has 0 unspecified atom stereocenters. The number of carbonyl (C=O) groups excluding carboxylic acids is 1. The number of aromatic nitrogens is 1. The summed E-state index contributed by atoms with van der Waals surface area (Å²) in [5.41, 5.74) is 0.427. The number of hydrogen-bond donors (Lipinski definition) is 2. The zero-order valence-corrected chi connectivity index (χ0v) is 11.4. The number of aromatic carboxylic acids is 1. The van der Waals surface area contributed by atoms with Crippen LogP contribution >= 0.6 is 0 Å². The molecule has 1 rings (SSSR count). The standard InChI is InChI=1S/C13H19N3O3/c1-4-5-16(9(2)3)13(19)15-11-6-10(12(17)18)7-14-8-11/h6-9H,4-5H2,1-3H3,(H,15,19)(H,17,18). The zero-order chi connectivity index (χ0) is 14.4. The van der Waals surface area contributed by atoms with Crippen molar-refractivity contribution in [1.82, 2.24) is 9.88 Å².